The molecule has 4 heteroatoms. The molecule has 3 nitrogen and oxygen atoms in total. The summed E-state index contributed by atoms with van der Waals surface area (Å²) in [5, 5.41) is 0. The summed E-state index contributed by atoms with van der Waals surface area (Å²) in [6.07, 6.45) is 2.45. The third kappa shape index (κ3) is 2.63. The van der Waals surface area contributed by atoms with E-state index in [9.17, 15) is 4.79 Å². The smallest absolute Gasteiger partial charge is 0.140 e. The maximum atomic E-state index is 11.5. The molecular weight excluding hydrogens is 210 g/mol. The van der Waals surface area contributed by atoms with Gasteiger partial charge in [0.05, 0.1) is 24.4 Å². The van der Waals surface area contributed by atoms with Gasteiger partial charge in [-0.05, 0) is 19.8 Å². The van der Waals surface area contributed by atoms with Crippen LogP contribution in [0.5, 0.6) is 0 Å². The summed E-state index contributed by atoms with van der Waals surface area (Å²) < 4.78 is 5.32. The lowest BCUT2D eigenvalue weighted by atomic mass is 9.95. The zero-order valence-corrected chi connectivity index (χ0v) is 9.68. The highest BCUT2D eigenvalue weighted by Crippen LogP contribution is 2.20. The number of hydrogen-bond acceptors (Lipinski definition) is 4. The van der Waals surface area contributed by atoms with Gasteiger partial charge in [-0.3, -0.25) is 4.79 Å². The van der Waals surface area contributed by atoms with E-state index in [-0.39, 0.29) is 5.92 Å². The lowest BCUT2D eigenvalue weighted by Gasteiger charge is -2.20. The number of hydrogen-bond donors (Lipinski definition) is 0. The zero-order valence-electron chi connectivity index (χ0n) is 8.86. The summed E-state index contributed by atoms with van der Waals surface area (Å²) in [6, 6.07) is 0. The number of carbonyl (C=O) groups is 1. The van der Waals surface area contributed by atoms with Crippen LogP contribution in [-0.4, -0.2) is 24.0 Å². The molecular formula is C11H15NO2S. The molecule has 2 rings (SSSR count). The van der Waals surface area contributed by atoms with Gasteiger partial charge in [-0.2, -0.15) is 0 Å². The van der Waals surface area contributed by atoms with Crippen molar-refractivity contribution < 1.29 is 9.53 Å². The summed E-state index contributed by atoms with van der Waals surface area (Å²) in [7, 11) is 0. The minimum atomic E-state index is 0.111. The van der Waals surface area contributed by atoms with Crippen molar-refractivity contribution in [1.29, 1.82) is 0 Å². The van der Waals surface area contributed by atoms with Gasteiger partial charge in [-0.25, -0.2) is 4.98 Å². The van der Waals surface area contributed by atoms with Gasteiger partial charge in [0, 0.05) is 17.2 Å². The molecule has 2 heterocycles. The van der Waals surface area contributed by atoms with Crippen molar-refractivity contribution >= 4 is 17.1 Å². The van der Waals surface area contributed by atoms with Gasteiger partial charge in [-0.1, -0.05) is 0 Å². The Balaban J connectivity index is 1.87. The van der Waals surface area contributed by atoms with E-state index in [0.29, 0.717) is 25.4 Å². The Morgan fingerprint density at radius 3 is 3.20 bits per heavy atom. The molecule has 0 spiro atoms. The zero-order chi connectivity index (χ0) is 10.7. The molecule has 0 aliphatic carbocycles. The van der Waals surface area contributed by atoms with Crippen LogP contribution in [0, 0.1) is 12.8 Å². The average Bonchev–Trinajstić information content (AvgIpc) is 2.63. The van der Waals surface area contributed by atoms with E-state index in [1.807, 2.05) is 12.4 Å². The molecule has 1 fully saturated rings. The Morgan fingerprint density at radius 2 is 2.53 bits per heavy atom. The molecule has 15 heavy (non-hydrogen) atoms. The van der Waals surface area contributed by atoms with Crippen molar-refractivity contribution in [2.75, 3.05) is 13.2 Å². The summed E-state index contributed by atoms with van der Waals surface area (Å²) in [4.78, 5) is 17.0. The second-order valence-corrected chi connectivity index (χ2v) is 4.83. The monoisotopic (exact) mass is 225 g/mol. The molecule has 0 bridgehead atoms. The molecule has 1 aliphatic heterocycles. The molecule has 0 aromatic carbocycles. The topological polar surface area (TPSA) is 39.2 Å². The number of rotatable bonds is 3. The summed E-state index contributed by atoms with van der Waals surface area (Å²) >= 11 is 1.68. The first-order valence-electron chi connectivity index (χ1n) is 5.27. The minimum Gasteiger partial charge on any atom is -0.380 e. The number of carbonyl (C=O) groups excluding carboxylic acids is 1. The molecule has 0 amide bonds. The minimum absolute atomic E-state index is 0.111. The average molecular weight is 225 g/mol. The van der Waals surface area contributed by atoms with Crippen molar-refractivity contribution in [3.8, 4) is 0 Å². The lowest BCUT2D eigenvalue weighted by Crippen LogP contribution is -2.27. The van der Waals surface area contributed by atoms with Crippen LogP contribution in [0.15, 0.2) is 5.51 Å². The highest BCUT2D eigenvalue weighted by atomic mass is 32.1. The fourth-order valence-electron chi connectivity index (χ4n) is 1.81. The molecule has 0 saturated carbocycles. The van der Waals surface area contributed by atoms with E-state index in [4.69, 9.17) is 4.74 Å². The Bertz CT molecular complexity index is 348. The van der Waals surface area contributed by atoms with E-state index < -0.39 is 0 Å². The molecule has 0 radical (unpaired) electrons. The summed E-state index contributed by atoms with van der Waals surface area (Å²) in [5.74, 6) is 0.476. The third-order valence-corrected chi connectivity index (χ3v) is 3.83. The van der Waals surface area contributed by atoms with Crippen LogP contribution < -0.4 is 0 Å². The SMILES string of the molecule is Cc1ncsc1CCC1COCCC1=O. The van der Waals surface area contributed by atoms with Crippen LogP contribution in [0.4, 0.5) is 0 Å². The van der Waals surface area contributed by atoms with Crippen LogP contribution in [0.2, 0.25) is 0 Å². The van der Waals surface area contributed by atoms with E-state index >= 15 is 0 Å². The molecule has 1 saturated heterocycles. The Labute approximate surface area is 93.5 Å². The van der Waals surface area contributed by atoms with Crippen LogP contribution in [0.25, 0.3) is 0 Å². The van der Waals surface area contributed by atoms with Crippen LogP contribution in [0.3, 0.4) is 0 Å². The number of ketones is 1. The van der Waals surface area contributed by atoms with Crippen molar-refractivity contribution in [3.05, 3.63) is 16.1 Å². The van der Waals surface area contributed by atoms with Gasteiger partial charge >= 0.3 is 0 Å². The van der Waals surface area contributed by atoms with Gasteiger partial charge < -0.3 is 4.74 Å². The number of thiazole rings is 1. The summed E-state index contributed by atoms with van der Waals surface area (Å²) in [5.41, 5.74) is 2.97. The Kier molecular flexibility index (Phi) is 3.49. The number of nitrogens with zero attached hydrogens (tertiary/aromatic N) is 1. The van der Waals surface area contributed by atoms with E-state index in [2.05, 4.69) is 4.98 Å². The third-order valence-electron chi connectivity index (χ3n) is 2.83. The molecule has 1 aliphatic rings. The van der Waals surface area contributed by atoms with Crippen LogP contribution in [-0.2, 0) is 16.0 Å². The standard InChI is InChI=1S/C11H15NO2S/c1-8-11(15-7-12-8)3-2-9-6-14-5-4-10(9)13/h7,9H,2-6H2,1H3. The van der Waals surface area contributed by atoms with Gasteiger partial charge in [0.2, 0.25) is 0 Å². The van der Waals surface area contributed by atoms with Crippen molar-refractivity contribution in [2.24, 2.45) is 5.92 Å². The highest BCUT2D eigenvalue weighted by molar-refractivity contribution is 7.09. The molecule has 0 N–H and O–H groups in total. The quantitative estimate of drug-likeness (QED) is 0.789. The first kappa shape index (κ1) is 10.8. The van der Waals surface area contributed by atoms with Gasteiger partial charge in [0.25, 0.3) is 0 Å². The van der Waals surface area contributed by atoms with Crippen molar-refractivity contribution in [2.45, 2.75) is 26.2 Å². The Hall–Kier alpha value is -0.740. The maximum absolute atomic E-state index is 11.5. The summed E-state index contributed by atoms with van der Waals surface area (Å²) in [6.45, 7) is 3.23. The fraction of sp³-hybridized carbons (Fsp3) is 0.636. The first-order chi connectivity index (χ1) is 7.27. The predicted molar refractivity (Wildman–Crippen MR) is 59.1 cm³/mol. The molecule has 1 unspecified atom stereocenters. The Morgan fingerprint density at radius 1 is 1.67 bits per heavy atom. The predicted octanol–water partition coefficient (Wildman–Crippen LogP) is 1.99. The van der Waals surface area contributed by atoms with E-state index in [1.54, 1.807) is 11.3 Å². The van der Waals surface area contributed by atoms with Gasteiger partial charge in [0.1, 0.15) is 5.78 Å². The fourth-order valence-corrected chi connectivity index (χ4v) is 2.61. The second-order valence-electron chi connectivity index (χ2n) is 3.89. The van der Waals surface area contributed by atoms with E-state index in [1.165, 1.54) is 4.88 Å². The van der Waals surface area contributed by atoms with Gasteiger partial charge in [0.15, 0.2) is 0 Å². The molecule has 1 aromatic rings. The molecule has 82 valence electrons. The van der Waals surface area contributed by atoms with Crippen molar-refractivity contribution in [1.82, 2.24) is 4.98 Å². The largest absolute Gasteiger partial charge is 0.380 e. The first-order valence-corrected chi connectivity index (χ1v) is 6.15. The lowest BCUT2D eigenvalue weighted by molar-refractivity contribution is -0.130. The van der Waals surface area contributed by atoms with Crippen molar-refractivity contribution in [3.63, 3.8) is 0 Å². The number of Topliss-reactive ketones (excluding diaryl/α,β-unsaturated/α-hetero) is 1. The van der Waals surface area contributed by atoms with E-state index in [0.717, 1.165) is 18.5 Å². The number of ether oxygens (including phenoxy) is 1. The maximum Gasteiger partial charge on any atom is 0.140 e. The normalized spacial score (nSPS) is 21.9. The van der Waals surface area contributed by atoms with Crippen LogP contribution in [0.1, 0.15) is 23.4 Å². The molecule has 1 atom stereocenters. The second kappa shape index (κ2) is 4.86. The number of aromatic nitrogens is 1. The molecule has 1 aromatic heterocycles. The van der Waals surface area contributed by atoms with Crippen LogP contribution >= 0.6 is 11.3 Å². The van der Waals surface area contributed by atoms with Gasteiger partial charge in [-0.15, -0.1) is 11.3 Å². The highest BCUT2D eigenvalue weighted by Gasteiger charge is 2.22. The number of aryl methyl sites for hydroxylation is 2.